The molecule has 1 aliphatic heterocycles. The van der Waals surface area contributed by atoms with E-state index in [1.807, 2.05) is 0 Å². The highest BCUT2D eigenvalue weighted by Gasteiger charge is 2.25. The smallest absolute Gasteiger partial charge is 0.211 e. The average Bonchev–Trinajstić information content (AvgIpc) is 3.45. The van der Waals surface area contributed by atoms with Crippen LogP contribution in [0, 0.1) is 6.92 Å². The lowest BCUT2D eigenvalue weighted by molar-refractivity contribution is 0.103. The number of para-hydroxylation sites is 1. The van der Waals surface area contributed by atoms with E-state index in [0.717, 1.165) is 48.4 Å². The molecule has 162 valence electrons. The van der Waals surface area contributed by atoms with Crippen molar-refractivity contribution in [1.29, 1.82) is 0 Å². The molecule has 5 rings (SSSR count). The molecule has 1 aromatic carbocycles. The predicted molar refractivity (Wildman–Crippen MR) is 131 cm³/mol. The van der Waals surface area contributed by atoms with E-state index in [9.17, 15) is 4.79 Å². The van der Waals surface area contributed by atoms with Gasteiger partial charge in [-0.05, 0) is 62.9 Å². The molecule has 1 saturated heterocycles. The summed E-state index contributed by atoms with van der Waals surface area (Å²) < 4.78 is 4.59. The topological polar surface area (TPSA) is 30.2 Å². The Kier molecular flexibility index (Phi) is 5.72. The van der Waals surface area contributed by atoms with Crippen molar-refractivity contribution in [2.45, 2.75) is 52.6 Å². The summed E-state index contributed by atoms with van der Waals surface area (Å²) >= 11 is 1.72. The predicted octanol–water partition coefficient (Wildman–Crippen LogP) is 6.09. The maximum absolute atomic E-state index is 13.9. The minimum Gasteiger partial charge on any atom is -0.343 e. The van der Waals surface area contributed by atoms with Crippen LogP contribution in [-0.2, 0) is 13.1 Å². The van der Waals surface area contributed by atoms with Crippen LogP contribution in [0.5, 0.6) is 0 Å². The monoisotopic (exact) mass is 433 g/mol. The van der Waals surface area contributed by atoms with Crippen LogP contribution < -0.4 is 0 Å². The molecular formula is C26H31N3OS. The van der Waals surface area contributed by atoms with E-state index in [2.05, 4.69) is 69.7 Å². The van der Waals surface area contributed by atoms with Crippen LogP contribution in [0.3, 0.4) is 0 Å². The number of likely N-dealkylation sites (tertiary alicyclic amines) is 1. The molecule has 31 heavy (non-hydrogen) atoms. The highest BCUT2D eigenvalue weighted by atomic mass is 32.1. The van der Waals surface area contributed by atoms with E-state index in [1.165, 1.54) is 48.1 Å². The van der Waals surface area contributed by atoms with E-state index < -0.39 is 0 Å². The third kappa shape index (κ3) is 3.64. The number of carbonyl (C=O) groups excluding carboxylic acids is 1. The lowest BCUT2D eigenvalue weighted by Gasteiger charge is -2.26. The number of hydrogen-bond donors (Lipinski definition) is 0. The molecule has 5 heteroatoms. The highest BCUT2D eigenvalue weighted by molar-refractivity contribution is 7.16. The minimum absolute atomic E-state index is 0.155. The van der Waals surface area contributed by atoms with Gasteiger partial charge in [0.1, 0.15) is 4.83 Å². The van der Waals surface area contributed by atoms with Crippen LogP contribution >= 0.6 is 11.3 Å². The summed E-state index contributed by atoms with van der Waals surface area (Å²) in [6.07, 6.45) is 4.98. The lowest BCUT2D eigenvalue weighted by Crippen LogP contribution is -2.32. The molecule has 0 amide bonds. The maximum Gasteiger partial charge on any atom is 0.211 e. The van der Waals surface area contributed by atoms with Crippen molar-refractivity contribution in [3.8, 4) is 0 Å². The zero-order valence-electron chi connectivity index (χ0n) is 18.6. The van der Waals surface area contributed by atoms with Crippen LogP contribution in [0.1, 0.15) is 54.4 Å². The molecule has 1 aliphatic rings. The van der Waals surface area contributed by atoms with Crippen LogP contribution in [-0.4, -0.2) is 39.5 Å². The summed E-state index contributed by atoms with van der Waals surface area (Å²) in [5, 5.41) is 4.37. The Bertz CT molecular complexity index is 1220. The number of hydrogen-bond acceptors (Lipinski definition) is 3. The van der Waals surface area contributed by atoms with Gasteiger partial charge in [0.2, 0.25) is 5.78 Å². The quantitative estimate of drug-likeness (QED) is 0.330. The molecule has 4 nitrogen and oxygen atoms in total. The minimum atomic E-state index is 0.155. The van der Waals surface area contributed by atoms with Gasteiger partial charge in [-0.15, -0.1) is 11.3 Å². The van der Waals surface area contributed by atoms with Crippen LogP contribution in [0.4, 0.5) is 0 Å². The summed E-state index contributed by atoms with van der Waals surface area (Å²) in [6, 6.07) is 12.6. The average molecular weight is 434 g/mol. The number of benzene rings is 1. The summed E-state index contributed by atoms with van der Waals surface area (Å²) in [6.45, 7) is 9.55. The van der Waals surface area contributed by atoms with Crippen molar-refractivity contribution >= 4 is 38.2 Å². The second-order valence-corrected chi connectivity index (χ2v) is 9.62. The third-order valence-electron chi connectivity index (χ3n) is 6.73. The van der Waals surface area contributed by atoms with Crippen LogP contribution in [0.2, 0.25) is 0 Å². The Balaban J connectivity index is 1.55. The zero-order valence-corrected chi connectivity index (χ0v) is 19.4. The lowest BCUT2D eigenvalue weighted by atomic mass is 10.0. The zero-order chi connectivity index (χ0) is 21.4. The second-order valence-electron chi connectivity index (χ2n) is 8.72. The Labute approximate surface area is 188 Å². The number of rotatable bonds is 7. The molecule has 4 aromatic rings. The first-order valence-corrected chi connectivity index (χ1v) is 12.5. The Morgan fingerprint density at radius 2 is 1.81 bits per heavy atom. The van der Waals surface area contributed by atoms with Gasteiger partial charge in [-0.25, -0.2) is 0 Å². The molecule has 0 radical (unpaired) electrons. The summed E-state index contributed by atoms with van der Waals surface area (Å²) in [5.41, 5.74) is 3.97. The SMILES string of the molecule is CCCn1c(C(=O)c2c(C)n(CCN3CCCCC3)c3ccccc23)cc2ccsc21. The Morgan fingerprint density at radius 3 is 2.61 bits per heavy atom. The van der Waals surface area contributed by atoms with Gasteiger partial charge in [-0.3, -0.25) is 4.79 Å². The fourth-order valence-electron chi connectivity index (χ4n) is 5.17. The number of nitrogens with zero attached hydrogens (tertiary/aromatic N) is 3. The largest absolute Gasteiger partial charge is 0.343 e. The summed E-state index contributed by atoms with van der Waals surface area (Å²) in [5.74, 6) is 0.155. The van der Waals surface area contributed by atoms with E-state index in [-0.39, 0.29) is 5.78 Å². The molecule has 4 heterocycles. The number of aryl methyl sites for hydroxylation is 1. The fourth-order valence-corrected chi connectivity index (χ4v) is 6.09. The number of aromatic nitrogens is 2. The molecule has 0 atom stereocenters. The number of ketones is 1. The van der Waals surface area contributed by atoms with Crippen molar-refractivity contribution in [3.63, 3.8) is 0 Å². The molecule has 0 aliphatic carbocycles. The fraction of sp³-hybridized carbons (Fsp3) is 0.423. The molecule has 0 spiro atoms. The van der Waals surface area contributed by atoms with Gasteiger partial charge in [0.05, 0.1) is 11.3 Å². The summed E-state index contributed by atoms with van der Waals surface area (Å²) in [4.78, 5) is 17.7. The van der Waals surface area contributed by atoms with E-state index in [1.54, 1.807) is 11.3 Å². The van der Waals surface area contributed by atoms with Gasteiger partial charge in [0.25, 0.3) is 0 Å². The normalized spacial score (nSPS) is 15.3. The number of fused-ring (bicyclic) bond motifs is 2. The molecular weight excluding hydrogens is 402 g/mol. The molecule has 0 N–H and O–H groups in total. The third-order valence-corrected chi connectivity index (χ3v) is 7.68. The number of thiophene rings is 1. The molecule has 0 bridgehead atoms. The van der Waals surface area contributed by atoms with Crippen LogP contribution in [0.15, 0.2) is 41.8 Å². The van der Waals surface area contributed by atoms with Gasteiger partial charge in [0.15, 0.2) is 0 Å². The van der Waals surface area contributed by atoms with Gasteiger partial charge in [0, 0.05) is 41.6 Å². The first kappa shape index (κ1) is 20.5. The maximum atomic E-state index is 13.9. The molecule has 0 saturated carbocycles. The van der Waals surface area contributed by atoms with Crippen molar-refractivity contribution in [2.24, 2.45) is 0 Å². The van der Waals surface area contributed by atoms with Gasteiger partial charge < -0.3 is 14.0 Å². The van der Waals surface area contributed by atoms with Crippen molar-refractivity contribution in [3.05, 3.63) is 58.7 Å². The van der Waals surface area contributed by atoms with Gasteiger partial charge >= 0.3 is 0 Å². The van der Waals surface area contributed by atoms with E-state index in [4.69, 9.17) is 0 Å². The molecule has 3 aromatic heterocycles. The van der Waals surface area contributed by atoms with Crippen LogP contribution in [0.25, 0.3) is 21.1 Å². The number of carbonyl (C=O) groups is 1. The number of piperidine rings is 1. The van der Waals surface area contributed by atoms with E-state index in [0.29, 0.717) is 0 Å². The highest BCUT2D eigenvalue weighted by Crippen LogP contribution is 2.32. The molecule has 0 unspecified atom stereocenters. The van der Waals surface area contributed by atoms with Crippen molar-refractivity contribution in [1.82, 2.24) is 14.0 Å². The van der Waals surface area contributed by atoms with Gasteiger partial charge in [-0.1, -0.05) is 31.5 Å². The van der Waals surface area contributed by atoms with Crippen molar-refractivity contribution < 1.29 is 4.79 Å². The van der Waals surface area contributed by atoms with Gasteiger partial charge in [-0.2, -0.15) is 0 Å². The Morgan fingerprint density at radius 1 is 1.00 bits per heavy atom. The van der Waals surface area contributed by atoms with E-state index >= 15 is 0 Å². The first-order chi connectivity index (χ1) is 15.2. The second kappa shape index (κ2) is 8.64. The standard InChI is InChI=1S/C26H31N3OS/c1-3-12-29-23(18-20-11-17-31-26(20)29)25(30)24-19(2)28(22-10-6-5-9-21(22)24)16-15-27-13-7-4-8-14-27/h5-6,9-11,17-18H,3-4,7-8,12-16H2,1-2H3. The summed E-state index contributed by atoms with van der Waals surface area (Å²) in [7, 11) is 0. The first-order valence-electron chi connectivity index (χ1n) is 11.6. The van der Waals surface area contributed by atoms with Crippen molar-refractivity contribution in [2.75, 3.05) is 19.6 Å². The Hall–Kier alpha value is -2.37. The molecule has 1 fully saturated rings.